The van der Waals surface area contributed by atoms with Crippen LogP contribution in [0.4, 0.5) is 4.79 Å². The Morgan fingerprint density at radius 2 is 2.17 bits per heavy atom. The van der Waals surface area contributed by atoms with E-state index in [-0.39, 0.29) is 11.5 Å². The number of rotatable bonds is 2. The summed E-state index contributed by atoms with van der Waals surface area (Å²) in [6, 6.07) is 3.16. The molecule has 1 saturated heterocycles. The molecule has 1 aliphatic heterocycles. The van der Waals surface area contributed by atoms with Gasteiger partial charge in [0.1, 0.15) is 6.04 Å². The Labute approximate surface area is 134 Å². The third-order valence-corrected chi connectivity index (χ3v) is 4.25. The number of likely N-dealkylation sites (tertiary alicyclic amines) is 1. The number of amides is 1. The highest BCUT2D eigenvalue weighted by atomic mass is 16.5. The zero-order chi connectivity index (χ0) is 16.6. The lowest BCUT2D eigenvalue weighted by Gasteiger charge is -2.35. The summed E-state index contributed by atoms with van der Waals surface area (Å²) in [4.78, 5) is 21.6. The molecule has 2 atom stereocenters. The summed E-state index contributed by atoms with van der Waals surface area (Å²) in [6.07, 6.45) is 3.83. The van der Waals surface area contributed by atoms with Crippen molar-refractivity contribution >= 4 is 6.09 Å². The molecule has 2 aromatic heterocycles. The van der Waals surface area contributed by atoms with E-state index in [1.54, 1.807) is 18.5 Å². The smallest absolute Gasteiger partial charge is 0.408 e. The summed E-state index contributed by atoms with van der Waals surface area (Å²) < 4.78 is 5.35. The van der Waals surface area contributed by atoms with Crippen molar-refractivity contribution in [2.45, 2.75) is 45.7 Å². The lowest BCUT2D eigenvalue weighted by Crippen LogP contribution is -2.43. The standard InChI is InChI=1S/C16H20N4O3/c1-16(2,3)12-7-6-11(20(12)15(21)22)14-18-13(19-23-14)10-5-4-8-17-9-10/h4-5,8-9,11-12H,6-7H2,1-3H3,(H,21,22). The van der Waals surface area contributed by atoms with Crippen molar-refractivity contribution in [2.24, 2.45) is 5.41 Å². The van der Waals surface area contributed by atoms with Crippen LogP contribution in [0.5, 0.6) is 0 Å². The van der Waals surface area contributed by atoms with Crippen molar-refractivity contribution in [1.29, 1.82) is 0 Å². The first-order chi connectivity index (χ1) is 10.9. The van der Waals surface area contributed by atoms with Gasteiger partial charge in [0.05, 0.1) is 0 Å². The lowest BCUT2D eigenvalue weighted by atomic mass is 9.85. The molecule has 3 heterocycles. The normalized spacial score (nSPS) is 21.6. The fourth-order valence-corrected chi connectivity index (χ4v) is 3.15. The predicted molar refractivity (Wildman–Crippen MR) is 82.6 cm³/mol. The molecule has 0 aliphatic carbocycles. The number of aromatic nitrogens is 3. The van der Waals surface area contributed by atoms with Crippen molar-refractivity contribution in [3.8, 4) is 11.4 Å². The van der Waals surface area contributed by atoms with E-state index in [1.807, 2.05) is 26.8 Å². The van der Waals surface area contributed by atoms with Crippen LogP contribution < -0.4 is 0 Å². The third-order valence-electron chi connectivity index (χ3n) is 4.25. The minimum atomic E-state index is -0.950. The monoisotopic (exact) mass is 316 g/mol. The summed E-state index contributed by atoms with van der Waals surface area (Å²) in [7, 11) is 0. The number of pyridine rings is 1. The second-order valence-corrected chi connectivity index (χ2v) is 6.86. The Balaban J connectivity index is 1.90. The van der Waals surface area contributed by atoms with Gasteiger partial charge in [-0.05, 0) is 30.4 Å². The van der Waals surface area contributed by atoms with E-state index in [0.29, 0.717) is 18.1 Å². The van der Waals surface area contributed by atoms with Crippen LogP contribution in [0.1, 0.15) is 45.5 Å². The first-order valence-electron chi connectivity index (χ1n) is 7.63. The average Bonchev–Trinajstić information content (AvgIpc) is 3.14. The van der Waals surface area contributed by atoms with Gasteiger partial charge in [-0.3, -0.25) is 9.88 Å². The molecule has 0 aromatic carbocycles. The largest absolute Gasteiger partial charge is 0.465 e. The quantitative estimate of drug-likeness (QED) is 0.913. The zero-order valence-corrected chi connectivity index (χ0v) is 13.4. The van der Waals surface area contributed by atoms with Crippen molar-refractivity contribution in [2.75, 3.05) is 0 Å². The number of hydrogen-bond donors (Lipinski definition) is 1. The molecule has 1 N–H and O–H groups in total. The van der Waals surface area contributed by atoms with Crippen LogP contribution in [0, 0.1) is 5.41 Å². The molecule has 122 valence electrons. The molecule has 7 heteroatoms. The van der Waals surface area contributed by atoms with Crippen LogP contribution in [-0.4, -0.2) is 37.3 Å². The second kappa shape index (κ2) is 5.64. The molecule has 1 aliphatic rings. The fraction of sp³-hybridized carbons (Fsp3) is 0.500. The molecule has 1 fully saturated rings. The van der Waals surface area contributed by atoms with E-state index in [9.17, 15) is 9.90 Å². The van der Waals surface area contributed by atoms with Crippen LogP contribution in [0.25, 0.3) is 11.4 Å². The Hall–Kier alpha value is -2.44. The number of carbonyl (C=O) groups is 1. The van der Waals surface area contributed by atoms with Crippen molar-refractivity contribution in [1.82, 2.24) is 20.0 Å². The SMILES string of the molecule is CC(C)(C)C1CCC(c2nc(-c3cccnc3)no2)N1C(=O)O. The molecule has 0 spiro atoms. The van der Waals surface area contributed by atoms with Gasteiger partial charge in [0.25, 0.3) is 0 Å². The zero-order valence-electron chi connectivity index (χ0n) is 13.4. The van der Waals surface area contributed by atoms with Gasteiger partial charge in [-0.1, -0.05) is 25.9 Å². The predicted octanol–water partition coefficient (Wildman–Crippen LogP) is 3.36. The van der Waals surface area contributed by atoms with E-state index in [2.05, 4.69) is 15.1 Å². The van der Waals surface area contributed by atoms with Crippen LogP contribution in [-0.2, 0) is 0 Å². The van der Waals surface area contributed by atoms with Crippen LogP contribution in [0.3, 0.4) is 0 Å². The molecule has 3 rings (SSSR count). The molecule has 2 unspecified atom stereocenters. The minimum Gasteiger partial charge on any atom is -0.465 e. The van der Waals surface area contributed by atoms with Gasteiger partial charge < -0.3 is 9.63 Å². The number of carboxylic acid groups (broad SMARTS) is 1. The van der Waals surface area contributed by atoms with Crippen LogP contribution in [0.15, 0.2) is 29.0 Å². The average molecular weight is 316 g/mol. The molecule has 0 saturated carbocycles. The van der Waals surface area contributed by atoms with Gasteiger partial charge in [0.15, 0.2) is 0 Å². The van der Waals surface area contributed by atoms with Gasteiger partial charge in [0.2, 0.25) is 11.7 Å². The summed E-state index contributed by atoms with van der Waals surface area (Å²) in [6.45, 7) is 6.14. The van der Waals surface area contributed by atoms with Gasteiger partial charge in [0, 0.05) is 24.0 Å². The summed E-state index contributed by atoms with van der Waals surface area (Å²) >= 11 is 0. The van der Waals surface area contributed by atoms with Crippen LogP contribution in [0.2, 0.25) is 0 Å². The molecule has 0 radical (unpaired) electrons. The van der Waals surface area contributed by atoms with Gasteiger partial charge in [-0.25, -0.2) is 4.79 Å². The second-order valence-electron chi connectivity index (χ2n) is 6.86. The van der Waals surface area contributed by atoms with Crippen molar-refractivity contribution in [3.63, 3.8) is 0 Å². The molecule has 7 nitrogen and oxygen atoms in total. The maximum atomic E-state index is 11.7. The van der Waals surface area contributed by atoms with E-state index in [1.165, 1.54) is 4.90 Å². The van der Waals surface area contributed by atoms with Gasteiger partial charge in [-0.2, -0.15) is 4.98 Å². The highest BCUT2D eigenvalue weighted by molar-refractivity contribution is 5.66. The number of hydrogen-bond acceptors (Lipinski definition) is 5. The molecular formula is C16H20N4O3. The molecule has 2 aromatic rings. The maximum Gasteiger partial charge on any atom is 0.408 e. The van der Waals surface area contributed by atoms with Gasteiger partial charge >= 0.3 is 6.09 Å². The molecular weight excluding hydrogens is 296 g/mol. The Morgan fingerprint density at radius 3 is 2.78 bits per heavy atom. The fourth-order valence-electron chi connectivity index (χ4n) is 3.15. The Bertz CT molecular complexity index is 693. The molecule has 1 amide bonds. The molecule has 0 bridgehead atoms. The first-order valence-corrected chi connectivity index (χ1v) is 7.63. The summed E-state index contributed by atoms with van der Waals surface area (Å²) in [5, 5.41) is 13.6. The summed E-state index contributed by atoms with van der Waals surface area (Å²) in [5.41, 5.74) is 0.606. The topological polar surface area (TPSA) is 92.4 Å². The third kappa shape index (κ3) is 2.91. The first kappa shape index (κ1) is 15.5. The van der Waals surface area contributed by atoms with E-state index >= 15 is 0 Å². The highest BCUT2D eigenvalue weighted by Gasteiger charge is 2.45. The summed E-state index contributed by atoms with van der Waals surface area (Å²) in [5.74, 6) is 0.774. The molecule has 23 heavy (non-hydrogen) atoms. The van der Waals surface area contributed by atoms with Crippen molar-refractivity contribution in [3.05, 3.63) is 30.4 Å². The van der Waals surface area contributed by atoms with E-state index in [0.717, 1.165) is 12.0 Å². The minimum absolute atomic E-state index is 0.0706. The van der Waals surface area contributed by atoms with Crippen LogP contribution >= 0.6 is 0 Å². The number of nitrogens with zero attached hydrogens (tertiary/aromatic N) is 4. The van der Waals surface area contributed by atoms with Gasteiger partial charge in [-0.15, -0.1) is 0 Å². The van der Waals surface area contributed by atoms with Crippen molar-refractivity contribution < 1.29 is 14.4 Å². The maximum absolute atomic E-state index is 11.7. The highest BCUT2D eigenvalue weighted by Crippen LogP contribution is 2.42. The lowest BCUT2D eigenvalue weighted by molar-refractivity contribution is 0.0787. The van der Waals surface area contributed by atoms with E-state index < -0.39 is 12.1 Å². The Kier molecular flexibility index (Phi) is 3.79. The Morgan fingerprint density at radius 1 is 1.39 bits per heavy atom. The van der Waals surface area contributed by atoms with E-state index in [4.69, 9.17) is 4.52 Å².